The van der Waals surface area contributed by atoms with Crippen molar-refractivity contribution < 1.29 is 14.2 Å². The third-order valence-corrected chi connectivity index (χ3v) is 3.53. The van der Waals surface area contributed by atoms with Crippen molar-refractivity contribution in [3.63, 3.8) is 0 Å². The summed E-state index contributed by atoms with van der Waals surface area (Å²) in [5.74, 6) is 2.48. The largest absolute Gasteiger partial charge is 0.362 e. The Hall–Kier alpha value is 0.170. The highest BCUT2D eigenvalue weighted by molar-refractivity contribution is 14.1. The molecular formula is C11H17IO3. The van der Waals surface area contributed by atoms with Crippen LogP contribution < -0.4 is 0 Å². The molecule has 4 atom stereocenters. The van der Waals surface area contributed by atoms with Crippen molar-refractivity contribution in [2.24, 2.45) is 0 Å². The van der Waals surface area contributed by atoms with Crippen molar-refractivity contribution in [3.05, 3.63) is 0 Å². The van der Waals surface area contributed by atoms with E-state index in [-0.39, 0.29) is 18.5 Å². The summed E-state index contributed by atoms with van der Waals surface area (Å²) in [5, 5.41) is 0. The van der Waals surface area contributed by atoms with Crippen molar-refractivity contribution in [1.29, 1.82) is 0 Å². The molecular weight excluding hydrogens is 307 g/mol. The first-order chi connectivity index (χ1) is 7.19. The van der Waals surface area contributed by atoms with Gasteiger partial charge in [-0.05, 0) is 13.8 Å². The Morgan fingerprint density at radius 1 is 1.53 bits per heavy atom. The molecule has 0 radical (unpaired) electrons. The summed E-state index contributed by atoms with van der Waals surface area (Å²) in [5.41, 5.74) is 0. The lowest BCUT2D eigenvalue weighted by atomic mass is 10.1. The molecule has 0 aromatic rings. The molecule has 0 N–H and O–H groups in total. The summed E-state index contributed by atoms with van der Waals surface area (Å²) < 4.78 is 17.1. The zero-order chi connectivity index (χ0) is 11.3. The number of rotatable bonds is 4. The first kappa shape index (κ1) is 13.2. The number of halogens is 1. The standard InChI is InChI=1S/C11H17IO3/c1-4-6-14-11-8(3)15-10(13-5-2)7-9(11)12/h1,8-11H,5-7H2,2-3H3. The van der Waals surface area contributed by atoms with Gasteiger partial charge in [0.1, 0.15) is 6.61 Å². The fraction of sp³-hybridized carbons (Fsp3) is 0.818. The van der Waals surface area contributed by atoms with Crippen LogP contribution in [0.3, 0.4) is 0 Å². The third kappa shape index (κ3) is 3.91. The van der Waals surface area contributed by atoms with Crippen LogP contribution in [0.5, 0.6) is 0 Å². The highest BCUT2D eigenvalue weighted by Crippen LogP contribution is 2.28. The van der Waals surface area contributed by atoms with Gasteiger partial charge in [0.2, 0.25) is 0 Å². The predicted molar refractivity (Wildman–Crippen MR) is 67.0 cm³/mol. The predicted octanol–water partition coefficient (Wildman–Crippen LogP) is 1.98. The van der Waals surface area contributed by atoms with Gasteiger partial charge in [0, 0.05) is 17.0 Å². The summed E-state index contributed by atoms with van der Waals surface area (Å²) in [7, 11) is 0. The van der Waals surface area contributed by atoms with Gasteiger partial charge in [-0.2, -0.15) is 0 Å². The van der Waals surface area contributed by atoms with Crippen molar-refractivity contribution in [1.82, 2.24) is 0 Å². The number of hydrogen-bond acceptors (Lipinski definition) is 3. The third-order valence-electron chi connectivity index (χ3n) is 2.31. The minimum absolute atomic E-state index is 0.0329. The van der Waals surface area contributed by atoms with E-state index in [0.29, 0.717) is 17.1 Å². The Morgan fingerprint density at radius 2 is 2.27 bits per heavy atom. The highest BCUT2D eigenvalue weighted by atomic mass is 127. The minimum atomic E-state index is -0.0995. The number of hydrogen-bond donors (Lipinski definition) is 0. The van der Waals surface area contributed by atoms with E-state index in [1.54, 1.807) is 0 Å². The quantitative estimate of drug-likeness (QED) is 0.450. The minimum Gasteiger partial charge on any atom is -0.362 e. The molecule has 86 valence electrons. The molecule has 1 saturated heterocycles. The highest BCUT2D eigenvalue weighted by Gasteiger charge is 2.35. The summed E-state index contributed by atoms with van der Waals surface area (Å²) in [6.45, 7) is 4.99. The summed E-state index contributed by atoms with van der Waals surface area (Å²) in [4.78, 5) is 0. The van der Waals surface area contributed by atoms with E-state index in [2.05, 4.69) is 28.5 Å². The van der Waals surface area contributed by atoms with E-state index in [1.807, 2.05) is 13.8 Å². The number of ether oxygens (including phenoxy) is 3. The summed E-state index contributed by atoms with van der Waals surface area (Å²) >= 11 is 2.37. The van der Waals surface area contributed by atoms with Crippen LogP contribution in [0.4, 0.5) is 0 Å². The first-order valence-corrected chi connectivity index (χ1v) is 6.39. The zero-order valence-electron chi connectivity index (χ0n) is 9.11. The van der Waals surface area contributed by atoms with Crippen LogP contribution >= 0.6 is 22.6 Å². The maximum atomic E-state index is 5.69. The van der Waals surface area contributed by atoms with Gasteiger partial charge in [-0.25, -0.2) is 0 Å². The van der Waals surface area contributed by atoms with E-state index >= 15 is 0 Å². The molecule has 0 bridgehead atoms. The lowest BCUT2D eigenvalue weighted by Crippen LogP contribution is -2.46. The SMILES string of the molecule is C#CCOC1C(I)CC(OCC)OC1C. The summed E-state index contributed by atoms with van der Waals surface area (Å²) in [6.07, 6.45) is 6.03. The van der Waals surface area contributed by atoms with Crippen LogP contribution in [0.25, 0.3) is 0 Å². The normalized spacial score (nSPS) is 36.1. The smallest absolute Gasteiger partial charge is 0.159 e. The van der Waals surface area contributed by atoms with Crippen LogP contribution in [0.2, 0.25) is 0 Å². The Balaban J connectivity index is 2.45. The van der Waals surface area contributed by atoms with Crippen molar-refractivity contribution in [3.8, 4) is 12.3 Å². The van der Waals surface area contributed by atoms with Gasteiger partial charge in [-0.1, -0.05) is 28.5 Å². The zero-order valence-corrected chi connectivity index (χ0v) is 11.3. The lowest BCUT2D eigenvalue weighted by molar-refractivity contribution is -0.217. The van der Waals surface area contributed by atoms with Gasteiger partial charge in [-0.15, -0.1) is 6.42 Å². The Morgan fingerprint density at radius 3 is 2.80 bits per heavy atom. The van der Waals surface area contributed by atoms with Crippen LogP contribution in [0.1, 0.15) is 20.3 Å². The molecule has 0 spiro atoms. The molecule has 15 heavy (non-hydrogen) atoms. The molecule has 0 aliphatic carbocycles. The average molecular weight is 324 g/mol. The van der Waals surface area contributed by atoms with E-state index in [4.69, 9.17) is 20.6 Å². The maximum absolute atomic E-state index is 5.69. The topological polar surface area (TPSA) is 27.7 Å². The molecule has 1 fully saturated rings. The van der Waals surface area contributed by atoms with E-state index in [1.165, 1.54) is 0 Å². The van der Waals surface area contributed by atoms with E-state index < -0.39 is 0 Å². The molecule has 0 amide bonds. The maximum Gasteiger partial charge on any atom is 0.159 e. The van der Waals surface area contributed by atoms with E-state index in [9.17, 15) is 0 Å². The average Bonchev–Trinajstić information content (AvgIpc) is 2.17. The summed E-state index contributed by atoms with van der Waals surface area (Å²) in [6, 6.07) is 0. The second kappa shape index (κ2) is 6.69. The number of alkyl halides is 1. The molecule has 1 aliphatic heterocycles. The monoisotopic (exact) mass is 324 g/mol. The molecule has 0 aromatic heterocycles. The molecule has 0 aromatic carbocycles. The molecule has 1 aliphatic rings. The van der Waals surface area contributed by atoms with Gasteiger partial charge in [0.25, 0.3) is 0 Å². The van der Waals surface area contributed by atoms with E-state index in [0.717, 1.165) is 6.42 Å². The molecule has 0 saturated carbocycles. The van der Waals surface area contributed by atoms with Crippen LogP contribution in [-0.2, 0) is 14.2 Å². The van der Waals surface area contributed by atoms with Crippen molar-refractivity contribution in [2.45, 2.75) is 42.7 Å². The van der Waals surface area contributed by atoms with Gasteiger partial charge >= 0.3 is 0 Å². The lowest BCUT2D eigenvalue weighted by Gasteiger charge is -2.37. The van der Waals surface area contributed by atoms with Gasteiger partial charge < -0.3 is 14.2 Å². The second-order valence-electron chi connectivity index (χ2n) is 3.46. The second-order valence-corrected chi connectivity index (χ2v) is 5.06. The van der Waals surface area contributed by atoms with Crippen molar-refractivity contribution >= 4 is 22.6 Å². The number of terminal acetylenes is 1. The van der Waals surface area contributed by atoms with Crippen LogP contribution in [-0.4, -0.2) is 35.6 Å². The Bertz CT molecular complexity index is 214. The fourth-order valence-electron chi connectivity index (χ4n) is 1.66. The molecule has 3 nitrogen and oxygen atoms in total. The molecule has 4 heteroatoms. The molecule has 4 unspecified atom stereocenters. The van der Waals surface area contributed by atoms with Crippen molar-refractivity contribution in [2.75, 3.05) is 13.2 Å². The first-order valence-electron chi connectivity index (χ1n) is 5.15. The molecule has 1 rings (SSSR count). The Kier molecular flexibility index (Phi) is 5.90. The van der Waals surface area contributed by atoms with Gasteiger partial charge in [0.15, 0.2) is 6.29 Å². The van der Waals surface area contributed by atoms with Crippen LogP contribution in [0.15, 0.2) is 0 Å². The van der Waals surface area contributed by atoms with Gasteiger partial charge in [-0.3, -0.25) is 0 Å². The molecule has 1 heterocycles. The van der Waals surface area contributed by atoms with Gasteiger partial charge in [0.05, 0.1) is 12.2 Å². The Labute approximate surface area is 105 Å². The van der Waals surface area contributed by atoms with Crippen LogP contribution in [0, 0.1) is 12.3 Å². The fourth-order valence-corrected chi connectivity index (χ4v) is 2.87.